The van der Waals surface area contributed by atoms with E-state index < -0.39 is 6.10 Å². The lowest BCUT2D eigenvalue weighted by atomic mass is 10.0. The molecule has 0 radical (unpaired) electrons. The second-order valence-electron chi connectivity index (χ2n) is 2.99. The van der Waals surface area contributed by atoms with Crippen LogP contribution in [0.3, 0.4) is 0 Å². The quantitative estimate of drug-likeness (QED) is 0.622. The topological polar surface area (TPSA) is 49.3 Å². The van der Waals surface area contributed by atoms with Crippen molar-refractivity contribution in [2.24, 2.45) is 0 Å². The fourth-order valence-electron chi connectivity index (χ4n) is 1.18. The molecule has 0 aromatic rings. The summed E-state index contributed by atoms with van der Waals surface area (Å²) in [5.74, 6) is 0.106. The standard InChI is InChI=1S/C9H19NO2/c1-4-6-8(12)9(7(3)11)10-5-2/h7,9-11H,4-6H2,1-3H3/t7-,9+/m1/s1. The average Bonchev–Trinajstić information content (AvgIpc) is 1.99. The van der Waals surface area contributed by atoms with E-state index in [4.69, 9.17) is 0 Å². The second kappa shape index (κ2) is 6.14. The highest BCUT2D eigenvalue weighted by atomic mass is 16.3. The number of aliphatic hydroxyl groups is 1. The summed E-state index contributed by atoms with van der Waals surface area (Å²) in [7, 11) is 0. The Morgan fingerprint density at radius 2 is 2.08 bits per heavy atom. The van der Waals surface area contributed by atoms with Crippen molar-refractivity contribution in [2.75, 3.05) is 6.54 Å². The molecule has 3 heteroatoms. The molecule has 0 rings (SSSR count). The van der Waals surface area contributed by atoms with Crippen molar-refractivity contribution in [3.05, 3.63) is 0 Å². The van der Waals surface area contributed by atoms with Crippen LogP contribution in [0.4, 0.5) is 0 Å². The maximum absolute atomic E-state index is 11.4. The molecule has 72 valence electrons. The van der Waals surface area contributed by atoms with E-state index in [1.54, 1.807) is 6.92 Å². The van der Waals surface area contributed by atoms with Crippen molar-refractivity contribution in [2.45, 2.75) is 45.8 Å². The number of hydrogen-bond donors (Lipinski definition) is 2. The van der Waals surface area contributed by atoms with E-state index in [2.05, 4.69) is 5.32 Å². The Hall–Kier alpha value is -0.410. The lowest BCUT2D eigenvalue weighted by molar-refractivity contribution is -0.123. The molecule has 3 nitrogen and oxygen atoms in total. The Morgan fingerprint density at radius 3 is 2.42 bits per heavy atom. The molecule has 0 unspecified atom stereocenters. The molecule has 2 N–H and O–H groups in total. The van der Waals surface area contributed by atoms with Gasteiger partial charge in [0.15, 0.2) is 5.78 Å². The molecule has 0 fully saturated rings. The zero-order valence-electron chi connectivity index (χ0n) is 8.13. The summed E-state index contributed by atoms with van der Waals surface area (Å²) in [6.07, 6.45) is 0.791. The minimum Gasteiger partial charge on any atom is -0.391 e. The number of likely N-dealkylation sites (N-methyl/N-ethyl adjacent to an activating group) is 1. The van der Waals surface area contributed by atoms with Gasteiger partial charge in [0.05, 0.1) is 12.1 Å². The molecule has 0 saturated carbocycles. The van der Waals surface area contributed by atoms with E-state index in [1.807, 2.05) is 13.8 Å². The molecule has 0 heterocycles. The number of nitrogens with one attached hydrogen (secondary N) is 1. The lowest BCUT2D eigenvalue weighted by Crippen LogP contribution is -2.44. The van der Waals surface area contributed by atoms with Crippen molar-refractivity contribution in [3.63, 3.8) is 0 Å². The molecule has 12 heavy (non-hydrogen) atoms. The predicted molar refractivity (Wildman–Crippen MR) is 49.1 cm³/mol. The highest BCUT2D eigenvalue weighted by Gasteiger charge is 2.20. The Kier molecular flexibility index (Phi) is 5.93. The molecule has 0 aliphatic carbocycles. The van der Waals surface area contributed by atoms with Gasteiger partial charge in [-0.3, -0.25) is 4.79 Å². The number of hydrogen-bond acceptors (Lipinski definition) is 3. The van der Waals surface area contributed by atoms with E-state index >= 15 is 0 Å². The molecule has 0 bridgehead atoms. The van der Waals surface area contributed by atoms with Crippen LogP contribution in [-0.2, 0) is 4.79 Å². The largest absolute Gasteiger partial charge is 0.391 e. The van der Waals surface area contributed by atoms with Gasteiger partial charge in [0.1, 0.15) is 0 Å². The lowest BCUT2D eigenvalue weighted by Gasteiger charge is -2.18. The van der Waals surface area contributed by atoms with Crippen LogP contribution in [0.25, 0.3) is 0 Å². The Balaban J connectivity index is 4.00. The van der Waals surface area contributed by atoms with Gasteiger partial charge in [-0.1, -0.05) is 13.8 Å². The first-order chi connectivity index (χ1) is 5.63. The zero-order valence-corrected chi connectivity index (χ0v) is 8.13. The third kappa shape index (κ3) is 3.83. The van der Waals surface area contributed by atoms with Gasteiger partial charge in [-0.05, 0) is 19.9 Å². The van der Waals surface area contributed by atoms with E-state index in [9.17, 15) is 9.90 Å². The van der Waals surface area contributed by atoms with Gasteiger partial charge in [-0.25, -0.2) is 0 Å². The van der Waals surface area contributed by atoms with Crippen molar-refractivity contribution < 1.29 is 9.90 Å². The molecule has 2 atom stereocenters. The van der Waals surface area contributed by atoms with E-state index in [0.29, 0.717) is 13.0 Å². The van der Waals surface area contributed by atoms with Gasteiger partial charge in [-0.15, -0.1) is 0 Å². The van der Waals surface area contributed by atoms with Crippen molar-refractivity contribution in [1.82, 2.24) is 5.32 Å². The van der Waals surface area contributed by atoms with Crippen molar-refractivity contribution in [1.29, 1.82) is 0 Å². The van der Waals surface area contributed by atoms with Crippen LogP contribution >= 0.6 is 0 Å². The number of rotatable bonds is 6. The minimum absolute atomic E-state index is 0.106. The third-order valence-corrected chi connectivity index (χ3v) is 1.75. The molecule has 0 saturated heterocycles. The first kappa shape index (κ1) is 11.6. The van der Waals surface area contributed by atoms with Crippen LogP contribution < -0.4 is 5.32 Å². The molecular weight excluding hydrogens is 154 g/mol. The summed E-state index contributed by atoms with van der Waals surface area (Å²) >= 11 is 0. The maximum atomic E-state index is 11.4. The third-order valence-electron chi connectivity index (χ3n) is 1.75. The fraction of sp³-hybridized carbons (Fsp3) is 0.889. The fourth-order valence-corrected chi connectivity index (χ4v) is 1.18. The molecule has 0 aliphatic heterocycles. The molecule has 0 aromatic carbocycles. The van der Waals surface area contributed by atoms with Crippen LogP contribution in [-0.4, -0.2) is 29.6 Å². The summed E-state index contributed by atoms with van der Waals surface area (Å²) in [5, 5.41) is 12.2. The van der Waals surface area contributed by atoms with Gasteiger partial charge in [0.25, 0.3) is 0 Å². The first-order valence-corrected chi connectivity index (χ1v) is 4.57. The Morgan fingerprint density at radius 1 is 1.50 bits per heavy atom. The molecule has 0 aliphatic rings. The summed E-state index contributed by atoms with van der Waals surface area (Å²) in [6.45, 7) is 6.24. The SMILES string of the molecule is CCCC(=O)[C@@H](NCC)[C@@H](C)O. The van der Waals surface area contributed by atoms with E-state index in [0.717, 1.165) is 6.42 Å². The average molecular weight is 173 g/mol. The monoisotopic (exact) mass is 173 g/mol. The zero-order chi connectivity index (χ0) is 9.56. The number of carbonyl (C=O) groups excluding carboxylic acids is 1. The number of aliphatic hydroxyl groups excluding tert-OH is 1. The van der Waals surface area contributed by atoms with E-state index in [-0.39, 0.29) is 11.8 Å². The van der Waals surface area contributed by atoms with Crippen LogP contribution in [0, 0.1) is 0 Å². The van der Waals surface area contributed by atoms with Crippen molar-refractivity contribution in [3.8, 4) is 0 Å². The molecule has 0 aromatic heterocycles. The Labute approximate surface area is 74.2 Å². The maximum Gasteiger partial charge on any atom is 0.152 e. The first-order valence-electron chi connectivity index (χ1n) is 4.57. The Bertz CT molecular complexity index is 134. The van der Waals surface area contributed by atoms with Gasteiger partial charge >= 0.3 is 0 Å². The van der Waals surface area contributed by atoms with Gasteiger partial charge in [-0.2, -0.15) is 0 Å². The van der Waals surface area contributed by atoms with Gasteiger partial charge < -0.3 is 10.4 Å². The summed E-state index contributed by atoms with van der Waals surface area (Å²) < 4.78 is 0. The van der Waals surface area contributed by atoms with Crippen LogP contribution in [0.5, 0.6) is 0 Å². The van der Waals surface area contributed by atoms with Crippen LogP contribution in [0.15, 0.2) is 0 Å². The second-order valence-corrected chi connectivity index (χ2v) is 2.99. The van der Waals surface area contributed by atoms with Crippen molar-refractivity contribution >= 4 is 5.78 Å². The molecule has 0 spiro atoms. The highest BCUT2D eigenvalue weighted by molar-refractivity contribution is 5.84. The summed E-state index contributed by atoms with van der Waals surface area (Å²) in [5.41, 5.74) is 0. The summed E-state index contributed by atoms with van der Waals surface area (Å²) in [6, 6.07) is -0.380. The number of ketones is 1. The van der Waals surface area contributed by atoms with E-state index in [1.165, 1.54) is 0 Å². The minimum atomic E-state index is -0.594. The van der Waals surface area contributed by atoms with Crippen LogP contribution in [0.2, 0.25) is 0 Å². The molecular formula is C9H19NO2. The summed E-state index contributed by atoms with van der Waals surface area (Å²) in [4.78, 5) is 11.4. The normalized spacial score (nSPS) is 15.7. The van der Waals surface area contributed by atoms with Gasteiger partial charge in [0.2, 0.25) is 0 Å². The van der Waals surface area contributed by atoms with Gasteiger partial charge in [0, 0.05) is 6.42 Å². The molecule has 0 amide bonds. The number of carbonyl (C=O) groups is 1. The van der Waals surface area contributed by atoms with Crippen LogP contribution in [0.1, 0.15) is 33.6 Å². The number of Topliss-reactive ketones (excluding diaryl/α,β-unsaturated/α-hetero) is 1. The predicted octanol–water partition coefficient (Wildman–Crippen LogP) is 0.714. The smallest absolute Gasteiger partial charge is 0.152 e. The highest BCUT2D eigenvalue weighted by Crippen LogP contribution is 2.00.